The van der Waals surface area contributed by atoms with Crippen molar-refractivity contribution < 1.29 is 18.0 Å². The molecular weight excluding hydrogens is 450 g/mol. The molecule has 0 spiro atoms. The average Bonchev–Trinajstić information content (AvgIpc) is 3.15. The smallest absolute Gasteiger partial charge is 0.241 e. The van der Waals surface area contributed by atoms with Gasteiger partial charge in [-0.1, -0.05) is 49.6 Å². The van der Waals surface area contributed by atoms with E-state index < -0.39 is 16.1 Å². The fraction of sp³-hybridized carbons (Fsp3) is 0.462. The molecule has 182 valence electrons. The second-order valence-corrected chi connectivity index (χ2v) is 11.2. The van der Waals surface area contributed by atoms with E-state index in [4.69, 9.17) is 0 Å². The van der Waals surface area contributed by atoms with E-state index in [1.807, 2.05) is 37.3 Å². The van der Waals surface area contributed by atoms with Crippen molar-refractivity contribution in [2.45, 2.75) is 81.8 Å². The van der Waals surface area contributed by atoms with Crippen LogP contribution >= 0.6 is 0 Å². The lowest BCUT2D eigenvalue weighted by molar-refractivity contribution is -0.123. The van der Waals surface area contributed by atoms with Gasteiger partial charge in [-0.15, -0.1) is 0 Å². The monoisotopic (exact) mass is 483 g/mol. The zero-order chi connectivity index (χ0) is 24.3. The van der Waals surface area contributed by atoms with Crippen molar-refractivity contribution >= 4 is 27.5 Å². The van der Waals surface area contributed by atoms with Crippen LogP contribution in [0.5, 0.6) is 0 Å². The Hall–Kier alpha value is -2.71. The van der Waals surface area contributed by atoms with Gasteiger partial charge in [0.05, 0.1) is 4.90 Å². The molecule has 1 fully saturated rings. The summed E-state index contributed by atoms with van der Waals surface area (Å²) in [5.74, 6) is -0.362. The van der Waals surface area contributed by atoms with E-state index in [0.29, 0.717) is 6.42 Å². The fourth-order valence-electron chi connectivity index (χ4n) is 5.10. The van der Waals surface area contributed by atoms with Gasteiger partial charge >= 0.3 is 0 Å². The number of sulfonamides is 1. The van der Waals surface area contributed by atoms with Crippen molar-refractivity contribution in [2.75, 3.05) is 4.90 Å². The highest BCUT2D eigenvalue weighted by Gasteiger charge is 2.32. The molecule has 2 N–H and O–H groups in total. The Kier molecular flexibility index (Phi) is 7.38. The van der Waals surface area contributed by atoms with Crippen molar-refractivity contribution in [3.05, 3.63) is 59.7 Å². The molecule has 8 heteroatoms. The van der Waals surface area contributed by atoms with Gasteiger partial charge in [-0.25, -0.2) is 8.42 Å². The number of rotatable bonds is 7. The molecule has 2 aromatic rings. The Morgan fingerprint density at radius 2 is 1.76 bits per heavy atom. The number of nitrogens with one attached hydrogen (secondary N) is 2. The molecular formula is C26H33N3O4S. The largest absolute Gasteiger partial charge is 0.352 e. The highest BCUT2D eigenvalue weighted by atomic mass is 32.2. The zero-order valence-corrected chi connectivity index (χ0v) is 20.6. The summed E-state index contributed by atoms with van der Waals surface area (Å²) in [4.78, 5) is 27.0. The van der Waals surface area contributed by atoms with Crippen molar-refractivity contribution in [1.29, 1.82) is 0 Å². The highest BCUT2D eigenvalue weighted by molar-refractivity contribution is 7.89. The van der Waals surface area contributed by atoms with Crippen LogP contribution in [0.4, 0.5) is 5.69 Å². The van der Waals surface area contributed by atoms with Gasteiger partial charge in [0, 0.05) is 24.7 Å². The molecule has 2 atom stereocenters. The molecule has 4 rings (SSSR count). The number of hydrogen-bond donors (Lipinski definition) is 2. The molecule has 1 aliphatic carbocycles. The van der Waals surface area contributed by atoms with Gasteiger partial charge in [-0.05, 0) is 61.9 Å². The Bertz CT molecular complexity index is 1140. The van der Waals surface area contributed by atoms with Crippen LogP contribution in [0.15, 0.2) is 53.4 Å². The van der Waals surface area contributed by atoms with Crippen LogP contribution in [0, 0.1) is 0 Å². The van der Waals surface area contributed by atoms with Gasteiger partial charge in [0.15, 0.2) is 0 Å². The molecule has 2 aromatic carbocycles. The van der Waals surface area contributed by atoms with Gasteiger partial charge in [0.2, 0.25) is 21.8 Å². The van der Waals surface area contributed by atoms with Crippen molar-refractivity contribution in [1.82, 2.24) is 10.0 Å². The number of nitrogens with zero attached hydrogens (tertiary/aromatic N) is 1. The molecule has 0 bridgehead atoms. The quantitative estimate of drug-likeness (QED) is 0.632. The van der Waals surface area contributed by atoms with E-state index in [0.717, 1.165) is 42.5 Å². The normalized spacial score (nSPS) is 19.5. The third-order valence-electron chi connectivity index (χ3n) is 6.76. The van der Waals surface area contributed by atoms with Crippen LogP contribution in [0.2, 0.25) is 0 Å². The maximum Gasteiger partial charge on any atom is 0.241 e. The molecule has 0 unspecified atom stereocenters. The number of carbonyl (C=O) groups is 2. The van der Waals surface area contributed by atoms with Crippen LogP contribution in [-0.4, -0.2) is 38.4 Å². The summed E-state index contributed by atoms with van der Waals surface area (Å²) in [5.41, 5.74) is 2.44. The predicted molar refractivity (Wildman–Crippen MR) is 132 cm³/mol. The molecule has 2 aliphatic rings. The number of carbonyl (C=O) groups excluding carboxylic acids is 2. The first kappa shape index (κ1) is 24.4. The minimum Gasteiger partial charge on any atom is -0.352 e. The first-order chi connectivity index (χ1) is 16.2. The second kappa shape index (κ2) is 10.3. The number of amides is 2. The highest BCUT2D eigenvalue weighted by Crippen LogP contribution is 2.34. The van der Waals surface area contributed by atoms with E-state index in [1.165, 1.54) is 19.4 Å². The second-order valence-electron chi connectivity index (χ2n) is 9.44. The summed E-state index contributed by atoms with van der Waals surface area (Å²) in [7, 11) is -3.96. The fourth-order valence-corrected chi connectivity index (χ4v) is 6.34. The molecule has 1 saturated carbocycles. The predicted octanol–water partition coefficient (Wildman–Crippen LogP) is 3.32. The summed E-state index contributed by atoms with van der Waals surface area (Å²) in [6.45, 7) is 3.45. The van der Waals surface area contributed by atoms with Crippen LogP contribution in [-0.2, 0) is 32.5 Å². The Labute approximate surface area is 202 Å². The summed E-state index contributed by atoms with van der Waals surface area (Å²) >= 11 is 0. The number of fused-ring (bicyclic) bond motifs is 1. The Morgan fingerprint density at radius 3 is 2.44 bits per heavy atom. The molecule has 0 radical (unpaired) electrons. The van der Waals surface area contributed by atoms with E-state index in [1.54, 1.807) is 17.0 Å². The van der Waals surface area contributed by atoms with Gasteiger partial charge in [-0.2, -0.15) is 4.72 Å². The lowest BCUT2D eigenvalue weighted by atomic mass is 9.95. The van der Waals surface area contributed by atoms with Gasteiger partial charge in [-0.3, -0.25) is 9.59 Å². The van der Waals surface area contributed by atoms with E-state index in [-0.39, 0.29) is 35.2 Å². The average molecular weight is 484 g/mol. The van der Waals surface area contributed by atoms with Crippen molar-refractivity contribution in [3.63, 3.8) is 0 Å². The van der Waals surface area contributed by atoms with Crippen molar-refractivity contribution in [2.24, 2.45) is 0 Å². The minimum absolute atomic E-state index is 0.0227. The molecule has 1 aliphatic heterocycles. The number of hydrogen-bond acceptors (Lipinski definition) is 4. The maximum absolute atomic E-state index is 13.4. The minimum atomic E-state index is -3.96. The summed E-state index contributed by atoms with van der Waals surface area (Å²) < 4.78 is 29.4. The number of benzene rings is 2. The first-order valence-corrected chi connectivity index (χ1v) is 13.5. The van der Waals surface area contributed by atoms with Crippen LogP contribution in [0.1, 0.15) is 57.1 Å². The zero-order valence-electron chi connectivity index (χ0n) is 19.8. The molecule has 0 aromatic heterocycles. The molecule has 7 nitrogen and oxygen atoms in total. The number of anilines is 1. The third kappa shape index (κ3) is 5.50. The maximum atomic E-state index is 13.4. The van der Waals surface area contributed by atoms with E-state index in [9.17, 15) is 18.0 Å². The van der Waals surface area contributed by atoms with Crippen molar-refractivity contribution in [3.8, 4) is 0 Å². The van der Waals surface area contributed by atoms with Crippen LogP contribution in [0.25, 0.3) is 0 Å². The lowest BCUT2D eigenvalue weighted by Crippen LogP contribution is -2.50. The van der Waals surface area contributed by atoms with E-state index >= 15 is 0 Å². The first-order valence-electron chi connectivity index (χ1n) is 12.0. The summed E-state index contributed by atoms with van der Waals surface area (Å²) in [5, 5.41) is 3.07. The molecule has 1 heterocycles. The van der Waals surface area contributed by atoms with Crippen LogP contribution < -0.4 is 14.9 Å². The summed E-state index contributed by atoms with van der Waals surface area (Å²) in [6, 6.07) is 13.4. The standard InChI is InChI=1S/C26H33N3O4S/c1-18-15-21-17-23(13-14-25(21)29(18)19(2)30)34(32,33)28-24(16-20-9-5-3-6-10-20)26(31)27-22-11-7-4-8-12-22/h3,5-6,9-10,13-14,17-18,22,24,28H,4,7-8,11-12,15-16H2,1-2H3,(H,27,31)/t18-,24+/m0/s1. The van der Waals surface area contributed by atoms with E-state index in [2.05, 4.69) is 10.0 Å². The SMILES string of the molecule is CC(=O)N1c2ccc(S(=O)(=O)N[C@H](Cc3ccccc3)C(=O)NC3CCCCC3)cc2C[C@@H]1C. The van der Waals surface area contributed by atoms with Gasteiger partial charge in [0.25, 0.3) is 0 Å². The lowest BCUT2D eigenvalue weighted by Gasteiger charge is -2.26. The molecule has 2 amide bonds. The molecule has 0 saturated heterocycles. The summed E-state index contributed by atoms with van der Waals surface area (Å²) in [6.07, 6.45) is 6.02. The van der Waals surface area contributed by atoms with Gasteiger partial charge < -0.3 is 10.2 Å². The Morgan fingerprint density at radius 1 is 1.06 bits per heavy atom. The molecule has 34 heavy (non-hydrogen) atoms. The van der Waals surface area contributed by atoms with Crippen LogP contribution in [0.3, 0.4) is 0 Å². The topological polar surface area (TPSA) is 95.6 Å². The third-order valence-corrected chi connectivity index (χ3v) is 8.23. The van der Waals surface area contributed by atoms with Gasteiger partial charge in [0.1, 0.15) is 6.04 Å². The Balaban J connectivity index is 1.56.